The Morgan fingerprint density at radius 2 is 1.97 bits per heavy atom. The lowest BCUT2D eigenvalue weighted by molar-refractivity contribution is 0.0254. The van der Waals surface area contributed by atoms with Crippen molar-refractivity contribution < 1.29 is 13.9 Å². The van der Waals surface area contributed by atoms with Crippen molar-refractivity contribution in [1.29, 1.82) is 0 Å². The second kappa shape index (κ2) is 7.90. The third kappa shape index (κ3) is 3.56. The molecule has 1 unspecified atom stereocenters. The standard InChI is InChI=1S/C25H23FN2O2/c26-20-6-3-5-17(14-20)18-8-9-21(27-15-18)10-11-23-22-7-2-1-4-19(22)16-28-24(23)12-13-30-25(28)29/h1-9,14-15,23-24H,10-13,16H2/t23?,24-/m1/s1. The number of halogens is 1. The Bertz CT molecular complexity index is 1070. The molecule has 2 aliphatic heterocycles. The van der Waals surface area contributed by atoms with E-state index in [0.717, 1.165) is 36.1 Å². The Morgan fingerprint density at radius 1 is 1.07 bits per heavy atom. The molecule has 2 atom stereocenters. The molecule has 2 aliphatic rings. The largest absolute Gasteiger partial charge is 0.449 e. The van der Waals surface area contributed by atoms with Gasteiger partial charge in [0, 0.05) is 42.4 Å². The van der Waals surface area contributed by atoms with Crippen LogP contribution in [0.1, 0.15) is 35.6 Å². The molecule has 3 aromatic rings. The predicted octanol–water partition coefficient (Wildman–Crippen LogP) is 5.33. The molecule has 0 bridgehead atoms. The van der Waals surface area contributed by atoms with Crippen molar-refractivity contribution in [3.05, 3.63) is 89.5 Å². The number of carbonyl (C=O) groups is 1. The first kappa shape index (κ1) is 18.8. The molecule has 1 amide bonds. The molecule has 0 N–H and O–H groups in total. The van der Waals surface area contributed by atoms with Gasteiger partial charge in [0.2, 0.25) is 0 Å². The van der Waals surface area contributed by atoms with E-state index < -0.39 is 0 Å². The van der Waals surface area contributed by atoms with Gasteiger partial charge in [-0.3, -0.25) is 4.98 Å². The molecule has 5 rings (SSSR count). The number of fused-ring (bicyclic) bond motifs is 2. The first-order valence-electron chi connectivity index (χ1n) is 10.4. The van der Waals surface area contributed by atoms with E-state index in [4.69, 9.17) is 4.74 Å². The zero-order valence-corrected chi connectivity index (χ0v) is 16.6. The number of hydrogen-bond acceptors (Lipinski definition) is 3. The van der Waals surface area contributed by atoms with Gasteiger partial charge >= 0.3 is 6.09 Å². The fraction of sp³-hybridized carbons (Fsp3) is 0.280. The van der Waals surface area contributed by atoms with Gasteiger partial charge in [0.1, 0.15) is 5.82 Å². The van der Waals surface area contributed by atoms with Gasteiger partial charge in [0.25, 0.3) is 0 Å². The summed E-state index contributed by atoms with van der Waals surface area (Å²) in [5.74, 6) is 0.0237. The number of carbonyl (C=O) groups excluding carboxylic acids is 1. The highest BCUT2D eigenvalue weighted by Crippen LogP contribution is 2.39. The van der Waals surface area contributed by atoms with Crippen LogP contribution in [0.4, 0.5) is 9.18 Å². The van der Waals surface area contributed by atoms with Crippen LogP contribution in [-0.4, -0.2) is 28.6 Å². The SMILES string of the molecule is O=C1OCC[C@@H]2C(CCc3ccc(-c4cccc(F)c4)cn3)c3ccccc3CN12. The molecule has 0 radical (unpaired) electrons. The van der Waals surface area contributed by atoms with Gasteiger partial charge in [-0.1, -0.05) is 42.5 Å². The van der Waals surface area contributed by atoms with E-state index in [1.54, 1.807) is 6.07 Å². The Labute approximate surface area is 175 Å². The second-order valence-electron chi connectivity index (χ2n) is 7.99. The monoisotopic (exact) mass is 402 g/mol. The number of rotatable bonds is 4. The Kier molecular flexibility index (Phi) is 4.95. The van der Waals surface area contributed by atoms with E-state index in [1.807, 2.05) is 35.4 Å². The summed E-state index contributed by atoms with van der Waals surface area (Å²) in [6.07, 6.45) is 4.20. The summed E-state index contributed by atoms with van der Waals surface area (Å²) in [5, 5.41) is 0. The van der Waals surface area contributed by atoms with Crippen LogP contribution in [-0.2, 0) is 17.7 Å². The number of amides is 1. The van der Waals surface area contributed by atoms with Gasteiger partial charge in [0.15, 0.2) is 0 Å². The van der Waals surface area contributed by atoms with Crippen molar-refractivity contribution in [3.8, 4) is 11.1 Å². The average Bonchev–Trinajstić information content (AvgIpc) is 2.78. The first-order chi connectivity index (χ1) is 14.7. The zero-order valence-electron chi connectivity index (χ0n) is 16.6. The molecule has 5 heteroatoms. The Hall–Kier alpha value is -3.21. The Balaban J connectivity index is 1.35. The molecule has 0 spiro atoms. The lowest BCUT2D eigenvalue weighted by atomic mass is 9.79. The van der Waals surface area contributed by atoms with E-state index in [2.05, 4.69) is 23.2 Å². The van der Waals surface area contributed by atoms with Crippen LogP contribution in [0, 0.1) is 5.82 Å². The quantitative estimate of drug-likeness (QED) is 0.592. The highest BCUT2D eigenvalue weighted by atomic mass is 19.1. The van der Waals surface area contributed by atoms with Crippen LogP contribution in [0.15, 0.2) is 66.9 Å². The summed E-state index contributed by atoms with van der Waals surface area (Å²) in [5.41, 5.74) is 5.27. The molecule has 4 nitrogen and oxygen atoms in total. The lowest BCUT2D eigenvalue weighted by Crippen LogP contribution is -2.50. The highest BCUT2D eigenvalue weighted by Gasteiger charge is 2.40. The Morgan fingerprint density at radius 3 is 2.80 bits per heavy atom. The maximum Gasteiger partial charge on any atom is 0.410 e. The van der Waals surface area contributed by atoms with Gasteiger partial charge < -0.3 is 9.64 Å². The molecule has 1 saturated heterocycles. The summed E-state index contributed by atoms with van der Waals surface area (Å²) in [7, 11) is 0. The molecule has 0 saturated carbocycles. The first-order valence-corrected chi connectivity index (χ1v) is 10.4. The molecule has 1 aromatic heterocycles. The molecule has 2 aromatic carbocycles. The minimum absolute atomic E-state index is 0.174. The second-order valence-corrected chi connectivity index (χ2v) is 7.99. The van der Waals surface area contributed by atoms with Crippen LogP contribution in [0.5, 0.6) is 0 Å². The maximum atomic E-state index is 13.5. The summed E-state index contributed by atoms with van der Waals surface area (Å²) < 4.78 is 18.8. The van der Waals surface area contributed by atoms with Crippen molar-refractivity contribution >= 4 is 6.09 Å². The lowest BCUT2D eigenvalue weighted by Gasteiger charge is -2.44. The highest BCUT2D eigenvalue weighted by molar-refractivity contribution is 5.70. The van der Waals surface area contributed by atoms with E-state index >= 15 is 0 Å². The van der Waals surface area contributed by atoms with E-state index in [9.17, 15) is 9.18 Å². The third-order valence-electron chi connectivity index (χ3n) is 6.23. The normalized spacial score (nSPS) is 20.3. The minimum atomic E-state index is -0.247. The fourth-order valence-electron chi connectivity index (χ4n) is 4.73. The smallest absolute Gasteiger partial charge is 0.410 e. The number of hydrogen-bond donors (Lipinski definition) is 0. The maximum absolute atomic E-state index is 13.5. The van der Waals surface area contributed by atoms with E-state index in [0.29, 0.717) is 13.2 Å². The summed E-state index contributed by atoms with van der Waals surface area (Å²) in [6, 6.07) is 19.1. The number of ether oxygens (including phenoxy) is 1. The van der Waals surface area contributed by atoms with Crippen LogP contribution in [0.3, 0.4) is 0 Å². The van der Waals surface area contributed by atoms with Crippen LogP contribution in [0.25, 0.3) is 11.1 Å². The number of cyclic esters (lactones) is 1. The number of pyridine rings is 1. The van der Waals surface area contributed by atoms with Crippen molar-refractivity contribution in [2.24, 2.45) is 0 Å². The van der Waals surface area contributed by atoms with E-state index in [1.165, 1.54) is 23.3 Å². The van der Waals surface area contributed by atoms with E-state index in [-0.39, 0.29) is 23.9 Å². The average molecular weight is 402 g/mol. The molecule has 3 heterocycles. The minimum Gasteiger partial charge on any atom is -0.449 e. The van der Waals surface area contributed by atoms with Gasteiger partial charge in [0.05, 0.1) is 6.61 Å². The van der Waals surface area contributed by atoms with Crippen molar-refractivity contribution in [3.63, 3.8) is 0 Å². The number of aromatic nitrogens is 1. The van der Waals surface area contributed by atoms with Gasteiger partial charge in [-0.15, -0.1) is 0 Å². The molecule has 152 valence electrons. The molecule has 30 heavy (non-hydrogen) atoms. The summed E-state index contributed by atoms with van der Waals surface area (Å²) >= 11 is 0. The molecular formula is C25H23FN2O2. The molecular weight excluding hydrogens is 379 g/mol. The van der Waals surface area contributed by atoms with Crippen molar-refractivity contribution in [2.75, 3.05) is 6.61 Å². The molecule has 1 fully saturated rings. The number of benzene rings is 2. The van der Waals surface area contributed by atoms with Crippen LogP contribution >= 0.6 is 0 Å². The predicted molar refractivity (Wildman–Crippen MR) is 112 cm³/mol. The summed E-state index contributed by atoms with van der Waals surface area (Å²) in [4.78, 5) is 18.8. The fourth-order valence-corrected chi connectivity index (χ4v) is 4.73. The van der Waals surface area contributed by atoms with Crippen molar-refractivity contribution in [2.45, 2.75) is 37.8 Å². The van der Waals surface area contributed by atoms with Crippen LogP contribution in [0.2, 0.25) is 0 Å². The van der Waals surface area contributed by atoms with Gasteiger partial charge in [-0.05, 0) is 47.7 Å². The topological polar surface area (TPSA) is 42.4 Å². The molecule has 0 aliphatic carbocycles. The van der Waals surface area contributed by atoms with Gasteiger partial charge in [-0.2, -0.15) is 0 Å². The van der Waals surface area contributed by atoms with Crippen molar-refractivity contribution in [1.82, 2.24) is 9.88 Å². The number of nitrogens with zero attached hydrogens (tertiary/aromatic N) is 2. The number of aryl methyl sites for hydroxylation is 1. The van der Waals surface area contributed by atoms with Crippen LogP contribution < -0.4 is 0 Å². The summed E-state index contributed by atoms with van der Waals surface area (Å²) in [6.45, 7) is 1.11. The zero-order chi connectivity index (χ0) is 20.5. The van der Waals surface area contributed by atoms with Gasteiger partial charge in [-0.25, -0.2) is 9.18 Å². The third-order valence-corrected chi connectivity index (χ3v) is 6.23.